The monoisotopic (exact) mass is 765 g/mol. The average Bonchev–Trinajstić information content (AvgIpc) is 3.12. The Morgan fingerprint density at radius 2 is 0.537 bits per heavy atom. The summed E-state index contributed by atoms with van der Waals surface area (Å²) in [5.74, 6) is 1.55. The zero-order chi connectivity index (χ0) is 39.9. The van der Waals surface area contributed by atoms with Crippen molar-refractivity contribution in [1.82, 2.24) is 0 Å². The molecular weight excluding hydrogens is 673 g/mol. The van der Waals surface area contributed by atoms with Crippen molar-refractivity contribution in [3.8, 4) is 0 Å². The quantitative estimate of drug-likeness (QED) is 0.0350. The number of rotatable bonds is 41. The molecule has 0 bridgehead atoms. The third-order valence-electron chi connectivity index (χ3n) is 10.6. The molecule has 0 rings (SSSR count). The van der Waals surface area contributed by atoms with E-state index in [1.807, 2.05) is 0 Å². The van der Waals surface area contributed by atoms with Crippen molar-refractivity contribution in [2.45, 2.75) is 260 Å². The van der Waals surface area contributed by atoms with Crippen molar-refractivity contribution in [2.75, 3.05) is 13.2 Å². The molecule has 0 spiro atoms. The lowest BCUT2D eigenvalue weighted by Gasteiger charge is -2.18. The molecule has 0 aliphatic rings. The van der Waals surface area contributed by atoms with Crippen LogP contribution in [0.4, 0.5) is 0 Å². The SMILES string of the molecule is CC(C)CCCCCCCCCCCCCCC(=O)OC[C@H](COC(=O)CCCCCCCCCC(C)C)OC(=O)CCCCCCCCCCC(C)C. The maximum atomic E-state index is 12.7. The molecule has 0 saturated carbocycles. The molecule has 0 radical (unpaired) electrons. The number of carbonyl (C=O) groups is 3. The van der Waals surface area contributed by atoms with Crippen LogP contribution in [0, 0.1) is 17.8 Å². The second-order valence-electron chi connectivity index (χ2n) is 17.8. The number of hydrogen-bond acceptors (Lipinski definition) is 6. The molecule has 6 nitrogen and oxygen atoms in total. The van der Waals surface area contributed by atoms with E-state index < -0.39 is 6.10 Å². The summed E-state index contributed by atoms with van der Waals surface area (Å²) in [6, 6.07) is 0. The molecule has 320 valence electrons. The van der Waals surface area contributed by atoms with Gasteiger partial charge in [0.1, 0.15) is 13.2 Å². The summed E-state index contributed by atoms with van der Waals surface area (Å²) in [6.07, 6.45) is 36.7. The predicted octanol–water partition coefficient (Wildman–Crippen LogP) is 14.8. The van der Waals surface area contributed by atoms with Crippen LogP contribution in [0.3, 0.4) is 0 Å². The maximum absolute atomic E-state index is 12.7. The average molecular weight is 765 g/mol. The van der Waals surface area contributed by atoms with Gasteiger partial charge >= 0.3 is 17.9 Å². The van der Waals surface area contributed by atoms with E-state index in [1.165, 1.54) is 135 Å². The van der Waals surface area contributed by atoms with E-state index in [9.17, 15) is 14.4 Å². The van der Waals surface area contributed by atoms with Crippen LogP contribution in [-0.4, -0.2) is 37.2 Å². The fourth-order valence-electron chi connectivity index (χ4n) is 7.06. The van der Waals surface area contributed by atoms with Crippen LogP contribution in [-0.2, 0) is 28.6 Å². The fourth-order valence-corrected chi connectivity index (χ4v) is 7.06. The minimum Gasteiger partial charge on any atom is -0.462 e. The van der Waals surface area contributed by atoms with E-state index in [-0.39, 0.29) is 31.1 Å². The highest BCUT2D eigenvalue weighted by atomic mass is 16.6. The minimum absolute atomic E-state index is 0.0663. The first-order chi connectivity index (χ1) is 26.1. The van der Waals surface area contributed by atoms with Crippen molar-refractivity contribution in [3.05, 3.63) is 0 Å². The van der Waals surface area contributed by atoms with Gasteiger partial charge in [-0.15, -0.1) is 0 Å². The van der Waals surface area contributed by atoms with Crippen molar-refractivity contribution >= 4 is 17.9 Å². The Hall–Kier alpha value is -1.59. The number of unbranched alkanes of at least 4 members (excludes halogenated alkanes) is 24. The second-order valence-corrected chi connectivity index (χ2v) is 17.8. The zero-order valence-electron chi connectivity index (χ0n) is 37.0. The highest BCUT2D eigenvalue weighted by Crippen LogP contribution is 2.17. The topological polar surface area (TPSA) is 78.9 Å². The Bertz CT molecular complexity index is 837. The Labute approximate surface area is 336 Å². The van der Waals surface area contributed by atoms with E-state index in [4.69, 9.17) is 14.2 Å². The zero-order valence-corrected chi connectivity index (χ0v) is 37.0. The maximum Gasteiger partial charge on any atom is 0.306 e. The lowest BCUT2D eigenvalue weighted by Crippen LogP contribution is -2.30. The molecule has 0 amide bonds. The van der Waals surface area contributed by atoms with Gasteiger partial charge in [-0.3, -0.25) is 14.4 Å². The molecular formula is C48H92O6. The number of hydrogen-bond donors (Lipinski definition) is 0. The molecule has 0 aromatic rings. The summed E-state index contributed by atoms with van der Waals surface area (Å²) in [4.78, 5) is 37.7. The van der Waals surface area contributed by atoms with Gasteiger partial charge in [0.2, 0.25) is 0 Å². The predicted molar refractivity (Wildman–Crippen MR) is 229 cm³/mol. The van der Waals surface area contributed by atoms with Crippen molar-refractivity contribution in [3.63, 3.8) is 0 Å². The fraction of sp³-hybridized carbons (Fsp3) is 0.938. The third kappa shape index (κ3) is 41.6. The van der Waals surface area contributed by atoms with Gasteiger partial charge in [-0.05, 0) is 37.0 Å². The first-order valence-electron chi connectivity index (χ1n) is 23.6. The van der Waals surface area contributed by atoms with Crippen LogP contribution in [0.15, 0.2) is 0 Å². The van der Waals surface area contributed by atoms with Gasteiger partial charge in [0.05, 0.1) is 0 Å². The molecule has 0 fully saturated rings. The summed E-state index contributed by atoms with van der Waals surface area (Å²) >= 11 is 0. The normalized spacial score (nSPS) is 12.2. The molecule has 0 heterocycles. The lowest BCUT2D eigenvalue weighted by atomic mass is 10.0. The minimum atomic E-state index is -0.762. The van der Waals surface area contributed by atoms with Crippen LogP contribution in [0.1, 0.15) is 253 Å². The molecule has 0 unspecified atom stereocenters. The van der Waals surface area contributed by atoms with Crippen molar-refractivity contribution in [1.29, 1.82) is 0 Å². The Kier molecular flexibility index (Phi) is 38.5. The molecule has 0 N–H and O–H groups in total. The smallest absolute Gasteiger partial charge is 0.306 e. The van der Waals surface area contributed by atoms with Crippen LogP contribution < -0.4 is 0 Å². The van der Waals surface area contributed by atoms with Gasteiger partial charge in [0.15, 0.2) is 6.10 Å². The van der Waals surface area contributed by atoms with Crippen molar-refractivity contribution in [2.24, 2.45) is 17.8 Å². The number of carbonyl (C=O) groups excluding carboxylic acids is 3. The van der Waals surface area contributed by atoms with Crippen LogP contribution in [0.5, 0.6) is 0 Å². The molecule has 54 heavy (non-hydrogen) atoms. The van der Waals surface area contributed by atoms with Gasteiger partial charge in [0, 0.05) is 19.3 Å². The lowest BCUT2D eigenvalue weighted by molar-refractivity contribution is -0.167. The first kappa shape index (κ1) is 52.4. The molecule has 0 aromatic carbocycles. The summed E-state index contributed by atoms with van der Waals surface area (Å²) in [6.45, 7) is 13.6. The molecule has 0 saturated heterocycles. The number of ether oxygens (including phenoxy) is 3. The van der Waals surface area contributed by atoms with E-state index in [0.717, 1.165) is 75.5 Å². The van der Waals surface area contributed by atoms with E-state index in [2.05, 4.69) is 41.5 Å². The first-order valence-corrected chi connectivity index (χ1v) is 23.6. The Morgan fingerprint density at radius 3 is 0.796 bits per heavy atom. The Morgan fingerprint density at radius 1 is 0.315 bits per heavy atom. The van der Waals surface area contributed by atoms with Crippen LogP contribution >= 0.6 is 0 Å². The van der Waals surface area contributed by atoms with Crippen molar-refractivity contribution < 1.29 is 28.6 Å². The van der Waals surface area contributed by atoms with Crippen LogP contribution in [0.25, 0.3) is 0 Å². The third-order valence-corrected chi connectivity index (χ3v) is 10.6. The standard InChI is InChI=1S/C48H92O6/c1-42(2)34-28-22-16-11-9-7-8-10-12-19-25-31-37-46(49)52-40-45(41-53-47(50)38-32-26-21-15-18-24-30-36-44(5)6)54-48(51)39-33-27-20-14-13-17-23-29-35-43(3)4/h42-45H,7-41H2,1-6H3/t45-/m1/s1. The summed E-state index contributed by atoms with van der Waals surface area (Å²) in [5, 5.41) is 0. The second kappa shape index (κ2) is 39.6. The highest BCUT2D eigenvalue weighted by Gasteiger charge is 2.19. The van der Waals surface area contributed by atoms with Gasteiger partial charge in [-0.25, -0.2) is 0 Å². The van der Waals surface area contributed by atoms with Gasteiger partial charge in [-0.1, -0.05) is 215 Å². The molecule has 0 aliphatic heterocycles. The molecule has 0 aliphatic carbocycles. The van der Waals surface area contributed by atoms with Gasteiger partial charge in [-0.2, -0.15) is 0 Å². The van der Waals surface area contributed by atoms with Gasteiger partial charge in [0.25, 0.3) is 0 Å². The summed E-state index contributed by atoms with van der Waals surface area (Å²) in [7, 11) is 0. The highest BCUT2D eigenvalue weighted by molar-refractivity contribution is 5.71. The summed E-state index contributed by atoms with van der Waals surface area (Å²) < 4.78 is 16.7. The summed E-state index contributed by atoms with van der Waals surface area (Å²) in [5.41, 5.74) is 0. The van der Waals surface area contributed by atoms with Crippen LogP contribution in [0.2, 0.25) is 0 Å². The number of esters is 3. The van der Waals surface area contributed by atoms with E-state index >= 15 is 0 Å². The van der Waals surface area contributed by atoms with Gasteiger partial charge < -0.3 is 14.2 Å². The van der Waals surface area contributed by atoms with E-state index in [1.54, 1.807) is 0 Å². The molecule has 1 atom stereocenters. The Balaban J connectivity index is 4.31. The largest absolute Gasteiger partial charge is 0.462 e. The van der Waals surface area contributed by atoms with E-state index in [0.29, 0.717) is 19.3 Å². The molecule has 6 heteroatoms. The molecule has 0 aromatic heterocycles.